The van der Waals surface area contributed by atoms with Crippen molar-refractivity contribution in [2.45, 2.75) is 4.83 Å². The van der Waals surface area contributed by atoms with Gasteiger partial charge in [-0.05, 0) is 16.7 Å². The van der Waals surface area contributed by atoms with Crippen molar-refractivity contribution in [3.05, 3.63) is 60.2 Å². The molecule has 0 aliphatic heterocycles. The predicted molar refractivity (Wildman–Crippen MR) is 69.6 cm³/mol. The van der Waals surface area contributed by atoms with E-state index in [0.717, 1.165) is 17.4 Å². The molecule has 0 saturated carbocycles. The number of rotatable bonds is 3. The van der Waals surface area contributed by atoms with E-state index in [9.17, 15) is 4.79 Å². The number of aldehydes is 1. The maximum absolute atomic E-state index is 10.6. The summed E-state index contributed by atoms with van der Waals surface area (Å²) in [6.45, 7) is 0. The number of halogens is 1. The molecule has 1 atom stereocenters. The van der Waals surface area contributed by atoms with Gasteiger partial charge in [0.1, 0.15) is 6.29 Å². The molecule has 0 saturated heterocycles. The van der Waals surface area contributed by atoms with E-state index in [0.29, 0.717) is 0 Å². The van der Waals surface area contributed by atoms with Gasteiger partial charge in [0.15, 0.2) is 0 Å². The van der Waals surface area contributed by atoms with Crippen molar-refractivity contribution in [2.24, 2.45) is 0 Å². The van der Waals surface area contributed by atoms with E-state index in [4.69, 9.17) is 0 Å². The van der Waals surface area contributed by atoms with Crippen LogP contribution in [0.5, 0.6) is 0 Å². The molecule has 0 N–H and O–H groups in total. The Labute approximate surface area is 103 Å². The highest BCUT2D eigenvalue weighted by Gasteiger charge is 2.05. The van der Waals surface area contributed by atoms with Gasteiger partial charge in [-0.15, -0.1) is 0 Å². The van der Waals surface area contributed by atoms with Gasteiger partial charge >= 0.3 is 0 Å². The van der Waals surface area contributed by atoms with Crippen LogP contribution in [0.2, 0.25) is 0 Å². The molecule has 2 heteroatoms. The molecule has 2 aromatic rings. The van der Waals surface area contributed by atoms with Crippen molar-refractivity contribution in [1.82, 2.24) is 0 Å². The maximum atomic E-state index is 10.6. The first-order chi connectivity index (χ1) is 7.81. The minimum absolute atomic E-state index is 0.211. The Bertz CT molecular complexity index is 462. The second-order valence-electron chi connectivity index (χ2n) is 3.53. The normalized spacial score (nSPS) is 12.1. The van der Waals surface area contributed by atoms with Crippen LogP contribution in [0.25, 0.3) is 11.1 Å². The molecule has 0 fully saturated rings. The van der Waals surface area contributed by atoms with Crippen LogP contribution in [-0.2, 0) is 4.79 Å². The quantitative estimate of drug-likeness (QED) is 0.611. The second kappa shape index (κ2) is 5.08. The molecule has 0 radical (unpaired) electrons. The van der Waals surface area contributed by atoms with Gasteiger partial charge in [-0.25, -0.2) is 0 Å². The standard InChI is InChI=1S/C14H11BrO/c15-14(10-16)13-8-6-12(7-9-13)11-4-2-1-3-5-11/h1-10,14H. The van der Waals surface area contributed by atoms with Gasteiger partial charge in [0.25, 0.3) is 0 Å². The highest BCUT2D eigenvalue weighted by molar-refractivity contribution is 9.09. The number of hydrogen-bond donors (Lipinski definition) is 0. The van der Waals surface area contributed by atoms with E-state index >= 15 is 0 Å². The first-order valence-corrected chi connectivity index (χ1v) is 5.97. The van der Waals surface area contributed by atoms with Gasteiger partial charge in [0.05, 0.1) is 4.83 Å². The lowest BCUT2D eigenvalue weighted by molar-refractivity contribution is -0.107. The third-order valence-electron chi connectivity index (χ3n) is 2.46. The molecule has 1 unspecified atom stereocenters. The second-order valence-corrected chi connectivity index (χ2v) is 4.51. The molecule has 2 rings (SSSR count). The van der Waals surface area contributed by atoms with Crippen molar-refractivity contribution in [3.8, 4) is 11.1 Å². The summed E-state index contributed by atoms with van der Waals surface area (Å²) in [6.07, 6.45) is 0.886. The summed E-state index contributed by atoms with van der Waals surface area (Å²) in [4.78, 5) is 10.4. The summed E-state index contributed by atoms with van der Waals surface area (Å²) in [7, 11) is 0. The summed E-state index contributed by atoms with van der Waals surface area (Å²) >= 11 is 3.30. The summed E-state index contributed by atoms with van der Waals surface area (Å²) in [5, 5.41) is 0. The fourth-order valence-corrected chi connectivity index (χ4v) is 1.87. The van der Waals surface area contributed by atoms with E-state index < -0.39 is 0 Å². The average Bonchev–Trinajstić information content (AvgIpc) is 2.39. The van der Waals surface area contributed by atoms with Crippen LogP contribution in [0.15, 0.2) is 54.6 Å². The minimum atomic E-state index is -0.211. The van der Waals surface area contributed by atoms with E-state index in [-0.39, 0.29) is 4.83 Å². The number of carbonyl (C=O) groups is 1. The zero-order valence-electron chi connectivity index (χ0n) is 8.64. The molecular formula is C14H11BrO. The average molecular weight is 275 g/mol. The minimum Gasteiger partial charge on any atom is -0.302 e. The summed E-state index contributed by atoms with van der Waals surface area (Å²) in [6, 6.07) is 18.2. The summed E-state index contributed by atoms with van der Waals surface area (Å²) in [5.41, 5.74) is 3.33. The Morgan fingerprint density at radius 2 is 1.44 bits per heavy atom. The third kappa shape index (κ3) is 2.39. The molecule has 0 bridgehead atoms. The molecular weight excluding hydrogens is 264 g/mol. The smallest absolute Gasteiger partial charge is 0.138 e. The van der Waals surface area contributed by atoms with Crippen LogP contribution in [0, 0.1) is 0 Å². The molecule has 2 aromatic carbocycles. The highest BCUT2D eigenvalue weighted by Crippen LogP contribution is 2.24. The van der Waals surface area contributed by atoms with Crippen molar-refractivity contribution in [2.75, 3.05) is 0 Å². The molecule has 0 spiro atoms. The van der Waals surface area contributed by atoms with E-state index in [1.165, 1.54) is 5.56 Å². The largest absolute Gasteiger partial charge is 0.302 e. The van der Waals surface area contributed by atoms with Gasteiger partial charge in [-0.1, -0.05) is 70.5 Å². The molecule has 1 nitrogen and oxygen atoms in total. The van der Waals surface area contributed by atoms with Crippen LogP contribution in [0.1, 0.15) is 10.4 Å². The maximum Gasteiger partial charge on any atom is 0.138 e. The van der Waals surface area contributed by atoms with E-state index in [1.54, 1.807) is 0 Å². The lowest BCUT2D eigenvalue weighted by Crippen LogP contribution is -1.89. The SMILES string of the molecule is O=CC(Br)c1ccc(-c2ccccc2)cc1. The van der Waals surface area contributed by atoms with Crippen LogP contribution < -0.4 is 0 Å². The van der Waals surface area contributed by atoms with Crippen molar-refractivity contribution >= 4 is 22.2 Å². The van der Waals surface area contributed by atoms with E-state index in [1.807, 2.05) is 42.5 Å². The molecule has 0 aromatic heterocycles. The predicted octanol–water partition coefficient (Wildman–Crippen LogP) is 3.99. The molecule has 80 valence electrons. The molecule has 0 amide bonds. The van der Waals surface area contributed by atoms with Crippen LogP contribution >= 0.6 is 15.9 Å². The van der Waals surface area contributed by atoms with Crippen molar-refractivity contribution < 1.29 is 4.79 Å². The molecule has 0 aliphatic carbocycles. The third-order valence-corrected chi connectivity index (χ3v) is 3.20. The number of benzene rings is 2. The Hall–Kier alpha value is -1.41. The Balaban J connectivity index is 2.30. The van der Waals surface area contributed by atoms with E-state index in [2.05, 4.69) is 28.1 Å². The Morgan fingerprint density at radius 1 is 0.875 bits per heavy atom. The fourth-order valence-electron chi connectivity index (χ4n) is 1.57. The first-order valence-electron chi connectivity index (χ1n) is 5.06. The van der Waals surface area contributed by atoms with Gasteiger partial charge in [-0.3, -0.25) is 0 Å². The van der Waals surface area contributed by atoms with Crippen LogP contribution in [0.3, 0.4) is 0 Å². The number of hydrogen-bond acceptors (Lipinski definition) is 1. The lowest BCUT2D eigenvalue weighted by atomic mass is 10.0. The number of alkyl halides is 1. The number of carbonyl (C=O) groups excluding carboxylic acids is 1. The zero-order chi connectivity index (χ0) is 11.4. The summed E-state index contributed by atoms with van der Waals surface area (Å²) < 4.78 is 0. The zero-order valence-corrected chi connectivity index (χ0v) is 10.2. The van der Waals surface area contributed by atoms with Crippen molar-refractivity contribution in [1.29, 1.82) is 0 Å². The van der Waals surface area contributed by atoms with Crippen LogP contribution in [0.4, 0.5) is 0 Å². The van der Waals surface area contributed by atoms with Gasteiger partial charge in [0.2, 0.25) is 0 Å². The lowest BCUT2D eigenvalue weighted by Gasteiger charge is -2.05. The Morgan fingerprint density at radius 3 is 2.00 bits per heavy atom. The monoisotopic (exact) mass is 274 g/mol. The van der Waals surface area contributed by atoms with Gasteiger partial charge < -0.3 is 4.79 Å². The summed E-state index contributed by atoms with van der Waals surface area (Å²) in [5.74, 6) is 0. The van der Waals surface area contributed by atoms with Gasteiger partial charge in [0, 0.05) is 0 Å². The molecule has 16 heavy (non-hydrogen) atoms. The van der Waals surface area contributed by atoms with Gasteiger partial charge in [-0.2, -0.15) is 0 Å². The molecule has 0 aliphatic rings. The topological polar surface area (TPSA) is 17.1 Å². The highest BCUT2D eigenvalue weighted by atomic mass is 79.9. The fraction of sp³-hybridized carbons (Fsp3) is 0.0714. The first kappa shape index (κ1) is 11.1. The Kier molecular flexibility index (Phi) is 3.52. The van der Waals surface area contributed by atoms with Crippen LogP contribution in [-0.4, -0.2) is 6.29 Å². The van der Waals surface area contributed by atoms with Crippen molar-refractivity contribution in [3.63, 3.8) is 0 Å². The molecule has 0 heterocycles.